The van der Waals surface area contributed by atoms with Gasteiger partial charge in [-0.25, -0.2) is 0 Å². The van der Waals surface area contributed by atoms with Crippen molar-refractivity contribution >= 4 is 11.4 Å². The van der Waals surface area contributed by atoms with E-state index in [0.29, 0.717) is 12.5 Å². The summed E-state index contributed by atoms with van der Waals surface area (Å²) in [6.07, 6.45) is -0.952. The molecule has 0 saturated heterocycles. The fourth-order valence-electron chi connectivity index (χ4n) is 2.27. The number of anilines is 2. The van der Waals surface area contributed by atoms with E-state index in [4.69, 9.17) is 5.73 Å². The summed E-state index contributed by atoms with van der Waals surface area (Å²) in [7, 11) is 1.71. The van der Waals surface area contributed by atoms with E-state index < -0.39 is 11.7 Å². The zero-order valence-corrected chi connectivity index (χ0v) is 10.3. The second kappa shape index (κ2) is 4.71. The Morgan fingerprint density at radius 2 is 2.00 bits per heavy atom. The number of rotatable bonds is 3. The smallest absolute Gasteiger partial charge is 0.399 e. The van der Waals surface area contributed by atoms with Crippen LogP contribution >= 0.6 is 0 Å². The van der Waals surface area contributed by atoms with Gasteiger partial charge in [-0.1, -0.05) is 6.42 Å². The number of nitrogens with zero attached hydrogens (tertiary/aromatic N) is 1. The third-order valence-corrected chi connectivity index (χ3v) is 3.49. The highest BCUT2D eigenvalue weighted by Gasteiger charge is 2.35. The Kier molecular flexibility index (Phi) is 3.41. The minimum Gasteiger partial charge on any atom is -0.399 e. The quantitative estimate of drug-likeness (QED) is 0.840. The summed E-state index contributed by atoms with van der Waals surface area (Å²) in [6, 6.07) is 3.98. The van der Waals surface area contributed by atoms with Crippen molar-refractivity contribution in [2.45, 2.75) is 25.4 Å². The molecule has 1 saturated carbocycles. The highest BCUT2D eigenvalue weighted by atomic mass is 19.4. The van der Waals surface area contributed by atoms with E-state index in [1.165, 1.54) is 18.6 Å². The number of benzene rings is 1. The molecule has 1 fully saturated rings. The summed E-state index contributed by atoms with van der Waals surface area (Å²) in [5.41, 5.74) is 5.15. The number of nitrogen functional groups attached to an aromatic ring is 1. The predicted molar refractivity (Wildman–Crippen MR) is 66.5 cm³/mol. The first-order valence-corrected chi connectivity index (χ1v) is 6.06. The number of hydrogen-bond donors (Lipinski definition) is 1. The van der Waals surface area contributed by atoms with Crippen molar-refractivity contribution < 1.29 is 13.2 Å². The summed E-state index contributed by atoms with van der Waals surface area (Å²) in [5, 5.41) is 0. The Morgan fingerprint density at radius 1 is 1.33 bits per heavy atom. The molecular weight excluding hydrogens is 241 g/mol. The van der Waals surface area contributed by atoms with Gasteiger partial charge in [0.15, 0.2) is 0 Å². The van der Waals surface area contributed by atoms with Crippen LogP contribution in [0.4, 0.5) is 24.5 Å². The largest absolute Gasteiger partial charge is 0.418 e. The first-order chi connectivity index (χ1) is 8.38. The van der Waals surface area contributed by atoms with Crippen molar-refractivity contribution in [2.75, 3.05) is 24.2 Å². The SMILES string of the molecule is CN(CC1CCC1)c1ccc(N)cc1C(F)(F)F. The van der Waals surface area contributed by atoms with Gasteiger partial charge >= 0.3 is 6.18 Å². The third-order valence-electron chi connectivity index (χ3n) is 3.49. The summed E-state index contributed by atoms with van der Waals surface area (Å²) in [6.45, 7) is 0.674. The first kappa shape index (κ1) is 13.1. The molecule has 0 amide bonds. The molecule has 0 aliphatic heterocycles. The van der Waals surface area contributed by atoms with Crippen molar-refractivity contribution in [3.63, 3.8) is 0 Å². The maximum atomic E-state index is 12.9. The highest BCUT2D eigenvalue weighted by molar-refractivity contribution is 5.60. The molecule has 1 aliphatic rings. The van der Waals surface area contributed by atoms with E-state index in [1.807, 2.05) is 0 Å². The van der Waals surface area contributed by atoms with Crippen molar-refractivity contribution in [3.8, 4) is 0 Å². The Morgan fingerprint density at radius 3 is 2.50 bits per heavy atom. The lowest BCUT2D eigenvalue weighted by molar-refractivity contribution is -0.137. The van der Waals surface area contributed by atoms with Crippen LogP contribution in [0.1, 0.15) is 24.8 Å². The Hall–Kier alpha value is -1.39. The predicted octanol–water partition coefficient (Wildman–Crippen LogP) is 3.52. The minimum absolute atomic E-state index is 0.142. The third kappa shape index (κ3) is 2.71. The van der Waals surface area contributed by atoms with Crippen LogP contribution in [-0.2, 0) is 6.18 Å². The molecule has 0 spiro atoms. The standard InChI is InChI=1S/C13H17F3N2/c1-18(8-9-3-2-4-9)12-6-5-10(17)7-11(12)13(14,15)16/h5-7,9H,2-4,8,17H2,1H3. The van der Waals surface area contributed by atoms with Crippen LogP contribution in [0.15, 0.2) is 18.2 Å². The van der Waals surface area contributed by atoms with Gasteiger partial charge in [0.05, 0.1) is 5.56 Å². The molecule has 0 unspecified atom stereocenters. The number of alkyl halides is 3. The average molecular weight is 258 g/mol. The maximum Gasteiger partial charge on any atom is 0.418 e. The van der Waals surface area contributed by atoms with Gasteiger partial charge in [0.1, 0.15) is 0 Å². The molecule has 5 heteroatoms. The van der Waals surface area contributed by atoms with Crippen molar-refractivity contribution in [2.24, 2.45) is 5.92 Å². The molecule has 0 heterocycles. The molecule has 0 bridgehead atoms. The molecule has 0 atom stereocenters. The first-order valence-electron chi connectivity index (χ1n) is 6.06. The van der Waals surface area contributed by atoms with Crippen LogP contribution in [0.25, 0.3) is 0 Å². The van der Waals surface area contributed by atoms with Crippen LogP contribution < -0.4 is 10.6 Å². The Balaban J connectivity index is 2.25. The van der Waals surface area contributed by atoms with Gasteiger partial charge in [-0.15, -0.1) is 0 Å². The average Bonchev–Trinajstić information content (AvgIpc) is 2.22. The summed E-state index contributed by atoms with van der Waals surface area (Å²) in [4.78, 5) is 1.69. The van der Waals surface area contributed by atoms with Crippen LogP contribution in [-0.4, -0.2) is 13.6 Å². The molecule has 1 aromatic rings. The van der Waals surface area contributed by atoms with Gasteiger partial charge < -0.3 is 10.6 Å². The molecule has 0 aromatic heterocycles. The molecule has 2 nitrogen and oxygen atoms in total. The Bertz CT molecular complexity index is 425. The second-order valence-corrected chi connectivity index (χ2v) is 4.95. The van der Waals surface area contributed by atoms with E-state index in [-0.39, 0.29) is 11.4 Å². The molecular formula is C13H17F3N2. The molecule has 100 valence electrons. The lowest BCUT2D eigenvalue weighted by atomic mass is 9.85. The minimum atomic E-state index is -4.36. The lowest BCUT2D eigenvalue weighted by Crippen LogP contribution is -2.30. The highest BCUT2D eigenvalue weighted by Crippen LogP contribution is 2.38. The van der Waals surface area contributed by atoms with Crippen LogP contribution in [0.2, 0.25) is 0 Å². The zero-order valence-electron chi connectivity index (χ0n) is 10.3. The van der Waals surface area contributed by atoms with E-state index in [9.17, 15) is 13.2 Å². The van der Waals surface area contributed by atoms with E-state index >= 15 is 0 Å². The van der Waals surface area contributed by atoms with Gasteiger partial charge in [0, 0.05) is 25.0 Å². The normalized spacial score (nSPS) is 16.4. The molecule has 1 aromatic carbocycles. The number of nitrogens with two attached hydrogens (primary N) is 1. The van der Waals surface area contributed by atoms with Crippen LogP contribution in [0, 0.1) is 5.92 Å². The Labute approximate surface area is 105 Å². The topological polar surface area (TPSA) is 29.3 Å². The molecule has 2 rings (SSSR count). The summed E-state index contributed by atoms with van der Waals surface area (Å²) < 4.78 is 38.8. The van der Waals surface area contributed by atoms with Crippen molar-refractivity contribution in [1.82, 2.24) is 0 Å². The summed E-state index contributed by atoms with van der Waals surface area (Å²) >= 11 is 0. The van der Waals surface area contributed by atoms with Gasteiger partial charge in [-0.05, 0) is 37.0 Å². The molecule has 1 aliphatic carbocycles. The van der Waals surface area contributed by atoms with Crippen LogP contribution in [0.5, 0.6) is 0 Å². The van der Waals surface area contributed by atoms with E-state index in [2.05, 4.69) is 0 Å². The van der Waals surface area contributed by atoms with Gasteiger partial charge in [0.25, 0.3) is 0 Å². The van der Waals surface area contributed by atoms with E-state index in [1.54, 1.807) is 11.9 Å². The monoisotopic (exact) mass is 258 g/mol. The lowest BCUT2D eigenvalue weighted by Gasteiger charge is -2.32. The fourth-order valence-corrected chi connectivity index (χ4v) is 2.27. The van der Waals surface area contributed by atoms with Gasteiger partial charge in [-0.3, -0.25) is 0 Å². The molecule has 2 N–H and O–H groups in total. The van der Waals surface area contributed by atoms with Crippen molar-refractivity contribution in [1.29, 1.82) is 0 Å². The van der Waals surface area contributed by atoms with E-state index in [0.717, 1.165) is 18.9 Å². The second-order valence-electron chi connectivity index (χ2n) is 4.95. The molecule has 18 heavy (non-hydrogen) atoms. The fraction of sp³-hybridized carbons (Fsp3) is 0.538. The number of hydrogen-bond acceptors (Lipinski definition) is 2. The maximum absolute atomic E-state index is 12.9. The molecule has 0 radical (unpaired) electrons. The van der Waals surface area contributed by atoms with Gasteiger partial charge in [-0.2, -0.15) is 13.2 Å². The number of halogens is 3. The van der Waals surface area contributed by atoms with Gasteiger partial charge in [0.2, 0.25) is 0 Å². The van der Waals surface area contributed by atoms with Crippen molar-refractivity contribution in [3.05, 3.63) is 23.8 Å². The summed E-state index contributed by atoms with van der Waals surface area (Å²) in [5.74, 6) is 0.522. The van der Waals surface area contributed by atoms with Crippen LogP contribution in [0.3, 0.4) is 0 Å². The zero-order chi connectivity index (χ0) is 13.3.